The van der Waals surface area contributed by atoms with Crippen LogP contribution in [0, 0.1) is 5.82 Å². The number of hydrogen-bond acceptors (Lipinski definition) is 5. The molecule has 0 aliphatic heterocycles. The molecular weight excluding hydrogens is 433 g/mol. The number of aromatic nitrogens is 1. The maximum atomic E-state index is 13.3. The van der Waals surface area contributed by atoms with Crippen molar-refractivity contribution in [3.63, 3.8) is 0 Å². The second kappa shape index (κ2) is 9.10. The van der Waals surface area contributed by atoms with E-state index < -0.39 is 28.3 Å². The lowest BCUT2D eigenvalue weighted by Gasteiger charge is -2.24. The summed E-state index contributed by atoms with van der Waals surface area (Å²) in [5.41, 5.74) is 0.492. The van der Waals surface area contributed by atoms with Crippen molar-refractivity contribution in [1.29, 1.82) is 0 Å². The van der Waals surface area contributed by atoms with E-state index in [1.165, 1.54) is 55.9 Å². The van der Waals surface area contributed by atoms with Crippen LogP contribution < -0.4 is 14.4 Å². The standard InChI is InChI=1S/C20H17ClFN3O4S/c1-29-16-7-5-15(6-8-16)25(30(27,28)17-3-2-10-23-12-17)13-20(26)24-14-4-9-19(22)18(21)11-14/h2-12H,13H2,1H3,(H,24,26). The largest absolute Gasteiger partial charge is 0.497 e. The Balaban J connectivity index is 1.92. The van der Waals surface area contributed by atoms with Crippen molar-refractivity contribution in [1.82, 2.24) is 4.98 Å². The van der Waals surface area contributed by atoms with Crippen molar-refractivity contribution >= 4 is 38.9 Å². The van der Waals surface area contributed by atoms with Gasteiger partial charge in [-0.25, -0.2) is 12.8 Å². The summed E-state index contributed by atoms with van der Waals surface area (Å²) in [6.07, 6.45) is 2.64. The third-order valence-electron chi connectivity index (χ3n) is 4.07. The molecule has 1 aromatic heterocycles. The number of nitrogens with one attached hydrogen (secondary N) is 1. The number of rotatable bonds is 7. The molecule has 156 valence electrons. The van der Waals surface area contributed by atoms with Crippen LogP contribution in [0.4, 0.5) is 15.8 Å². The molecule has 3 aromatic rings. The van der Waals surface area contributed by atoms with Gasteiger partial charge in [-0.2, -0.15) is 0 Å². The van der Waals surface area contributed by atoms with Gasteiger partial charge in [-0.1, -0.05) is 11.6 Å². The van der Waals surface area contributed by atoms with Gasteiger partial charge < -0.3 is 10.1 Å². The molecule has 0 saturated carbocycles. The molecule has 0 aliphatic rings. The zero-order valence-electron chi connectivity index (χ0n) is 15.7. The molecule has 1 amide bonds. The Morgan fingerprint density at radius 2 is 1.93 bits per heavy atom. The zero-order chi connectivity index (χ0) is 21.7. The van der Waals surface area contributed by atoms with Gasteiger partial charge in [0.1, 0.15) is 23.0 Å². The highest BCUT2D eigenvalue weighted by molar-refractivity contribution is 7.92. The molecule has 0 bridgehead atoms. The minimum absolute atomic E-state index is 0.0709. The van der Waals surface area contributed by atoms with E-state index in [1.54, 1.807) is 12.1 Å². The summed E-state index contributed by atoms with van der Waals surface area (Å²) in [4.78, 5) is 16.4. The topological polar surface area (TPSA) is 88.6 Å². The molecule has 0 saturated heterocycles. The first kappa shape index (κ1) is 21.5. The van der Waals surface area contributed by atoms with Crippen molar-refractivity contribution in [3.05, 3.63) is 77.8 Å². The summed E-state index contributed by atoms with van der Waals surface area (Å²) in [7, 11) is -2.61. The Labute approximate surface area is 178 Å². The molecule has 2 aromatic carbocycles. The second-order valence-corrected chi connectivity index (χ2v) is 8.35. The van der Waals surface area contributed by atoms with Crippen molar-refractivity contribution in [2.75, 3.05) is 23.3 Å². The van der Waals surface area contributed by atoms with Crippen LogP contribution in [0.3, 0.4) is 0 Å². The molecule has 1 heterocycles. The molecule has 0 atom stereocenters. The summed E-state index contributed by atoms with van der Waals surface area (Å²) in [6, 6.07) is 12.7. The van der Waals surface area contributed by atoms with E-state index in [0.717, 1.165) is 10.4 Å². The number of carbonyl (C=O) groups is 1. The minimum atomic E-state index is -4.09. The number of halogens is 2. The van der Waals surface area contributed by atoms with E-state index >= 15 is 0 Å². The number of amides is 1. The third-order valence-corrected chi connectivity index (χ3v) is 6.12. The van der Waals surface area contributed by atoms with Gasteiger partial charge in [-0.05, 0) is 54.6 Å². The second-order valence-electron chi connectivity index (χ2n) is 6.08. The van der Waals surface area contributed by atoms with Gasteiger partial charge >= 0.3 is 0 Å². The molecule has 0 spiro atoms. The lowest BCUT2D eigenvalue weighted by Crippen LogP contribution is -2.38. The molecule has 0 unspecified atom stereocenters. The van der Waals surface area contributed by atoms with Crippen molar-refractivity contribution in [2.45, 2.75) is 4.90 Å². The normalized spacial score (nSPS) is 11.0. The highest BCUT2D eigenvalue weighted by Gasteiger charge is 2.27. The summed E-state index contributed by atoms with van der Waals surface area (Å²) >= 11 is 5.73. The van der Waals surface area contributed by atoms with Gasteiger partial charge in [0.2, 0.25) is 5.91 Å². The van der Waals surface area contributed by atoms with E-state index in [-0.39, 0.29) is 21.3 Å². The number of benzene rings is 2. The van der Waals surface area contributed by atoms with Crippen LogP contribution in [0.25, 0.3) is 0 Å². The fourth-order valence-electron chi connectivity index (χ4n) is 2.60. The number of nitrogens with zero attached hydrogens (tertiary/aromatic N) is 2. The minimum Gasteiger partial charge on any atom is -0.497 e. The SMILES string of the molecule is COc1ccc(N(CC(=O)Nc2ccc(F)c(Cl)c2)S(=O)(=O)c2cccnc2)cc1. The highest BCUT2D eigenvalue weighted by Crippen LogP contribution is 2.26. The number of hydrogen-bond donors (Lipinski definition) is 1. The first-order valence-corrected chi connectivity index (χ1v) is 10.4. The predicted molar refractivity (Wildman–Crippen MR) is 112 cm³/mol. The van der Waals surface area contributed by atoms with Gasteiger partial charge in [-0.3, -0.25) is 14.1 Å². The summed E-state index contributed by atoms with van der Waals surface area (Å²) in [5.74, 6) is -0.738. The van der Waals surface area contributed by atoms with E-state index in [4.69, 9.17) is 16.3 Å². The molecule has 3 rings (SSSR count). The van der Waals surface area contributed by atoms with E-state index in [2.05, 4.69) is 10.3 Å². The zero-order valence-corrected chi connectivity index (χ0v) is 17.3. The van der Waals surface area contributed by atoms with Crippen LogP contribution in [-0.2, 0) is 14.8 Å². The third kappa shape index (κ3) is 4.87. The summed E-state index contributed by atoms with van der Waals surface area (Å²) in [6.45, 7) is -0.529. The van der Waals surface area contributed by atoms with Crippen LogP contribution in [0.15, 0.2) is 71.9 Å². The highest BCUT2D eigenvalue weighted by atomic mass is 35.5. The quantitative estimate of drug-likeness (QED) is 0.594. The Morgan fingerprint density at radius 1 is 1.20 bits per heavy atom. The van der Waals surface area contributed by atoms with E-state index in [1.807, 2.05) is 0 Å². The number of sulfonamides is 1. The Kier molecular flexibility index (Phi) is 6.53. The lowest BCUT2D eigenvalue weighted by atomic mass is 10.3. The van der Waals surface area contributed by atoms with Crippen molar-refractivity contribution in [2.24, 2.45) is 0 Å². The molecule has 0 aliphatic carbocycles. The first-order valence-electron chi connectivity index (χ1n) is 8.63. The van der Waals surface area contributed by atoms with Gasteiger partial charge in [0.15, 0.2) is 0 Å². The Hall–Kier alpha value is -3.17. The van der Waals surface area contributed by atoms with Crippen LogP contribution >= 0.6 is 11.6 Å². The molecule has 0 fully saturated rings. The van der Waals surface area contributed by atoms with Crippen LogP contribution in [0.5, 0.6) is 5.75 Å². The average molecular weight is 450 g/mol. The van der Waals surface area contributed by atoms with Gasteiger partial charge in [-0.15, -0.1) is 0 Å². The Bertz CT molecular complexity index is 1140. The van der Waals surface area contributed by atoms with E-state index in [9.17, 15) is 17.6 Å². The average Bonchev–Trinajstić information content (AvgIpc) is 2.75. The van der Waals surface area contributed by atoms with Crippen LogP contribution in [0.1, 0.15) is 0 Å². The number of anilines is 2. The molecule has 10 heteroatoms. The van der Waals surface area contributed by atoms with Gasteiger partial charge in [0.05, 0.1) is 17.8 Å². The number of carbonyl (C=O) groups excluding carboxylic acids is 1. The van der Waals surface area contributed by atoms with Gasteiger partial charge in [0.25, 0.3) is 10.0 Å². The molecule has 7 nitrogen and oxygen atoms in total. The molecule has 0 radical (unpaired) electrons. The number of pyridine rings is 1. The predicted octanol–water partition coefficient (Wildman–Crippen LogP) is 3.72. The maximum Gasteiger partial charge on any atom is 0.266 e. The smallest absolute Gasteiger partial charge is 0.266 e. The summed E-state index contributed by atoms with van der Waals surface area (Å²) in [5, 5.41) is 2.36. The Morgan fingerprint density at radius 3 is 2.53 bits per heavy atom. The molecule has 30 heavy (non-hydrogen) atoms. The van der Waals surface area contributed by atoms with E-state index in [0.29, 0.717) is 5.75 Å². The lowest BCUT2D eigenvalue weighted by molar-refractivity contribution is -0.114. The first-order chi connectivity index (χ1) is 14.3. The van der Waals surface area contributed by atoms with Crippen LogP contribution in [-0.4, -0.2) is 33.0 Å². The summed E-state index contributed by atoms with van der Waals surface area (Å²) < 4.78 is 45.7. The maximum absolute atomic E-state index is 13.3. The number of methoxy groups -OCH3 is 1. The molecule has 1 N–H and O–H groups in total. The van der Waals surface area contributed by atoms with Crippen molar-refractivity contribution in [3.8, 4) is 5.75 Å². The van der Waals surface area contributed by atoms with Crippen LogP contribution in [0.2, 0.25) is 5.02 Å². The van der Waals surface area contributed by atoms with Crippen molar-refractivity contribution < 1.29 is 22.3 Å². The molecular formula is C20H17ClFN3O4S. The van der Waals surface area contributed by atoms with Gasteiger partial charge in [0, 0.05) is 18.1 Å². The fraction of sp³-hybridized carbons (Fsp3) is 0.100. The fourth-order valence-corrected chi connectivity index (χ4v) is 4.16. The monoisotopic (exact) mass is 449 g/mol. The number of ether oxygens (including phenoxy) is 1.